The summed E-state index contributed by atoms with van der Waals surface area (Å²) in [6, 6.07) is 8.20. The van der Waals surface area contributed by atoms with Crippen LogP contribution in [0.1, 0.15) is 31.4 Å². The third-order valence-corrected chi connectivity index (χ3v) is 7.68. The molecule has 0 aliphatic carbocycles. The van der Waals surface area contributed by atoms with Crippen LogP contribution in [0.2, 0.25) is 0 Å². The summed E-state index contributed by atoms with van der Waals surface area (Å²) in [4.78, 5) is 15.0. The molecule has 1 N–H and O–H groups in total. The summed E-state index contributed by atoms with van der Waals surface area (Å²) in [5, 5.41) is 3.09. The quantitative estimate of drug-likeness (QED) is 0.743. The molecule has 1 aromatic rings. The minimum absolute atomic E-state index is 0.00310. The van der Waals surface area contributed by atoms with E-state index >= 15 is 0 Å². The molecule has 2 saturated heterocycles. The highest BCUT2D eigenvalue weighted by molar-refractivity contribution is 7.86. The first-order valence-electron chi connectivity index (χ1n) is 10.2. The van der Waals surface area contributed by atoms with Crippen LogP contribution in [-0.2, 0) is 19.7 Å². The molecule has 1 atom stereocenters. The van der Waals surface area contributed by atoms with Gasteiger partial charge in [0.05, 0.1) is 19.3 Å². The molecule has 2 heterocycles. The van der Waals surface area contributed by atoms with Gasteiger partial charge in [0, 0.05) is 51.9 Å². The number of carbonyl (C=O) groups excluding carboxylic acids is 1. The van der Waals surface area contributed by atoms with E-state index in [9.17, 15) is 13.2 Å². The van der Waals surface area contributed by atoms with Crippen LogP contribution in [0.5, 0.6) is 0 Å². The highest BCUT2D eigenvalue weighted by Gasteiger charge is 2.32. The maximum Gasteiger partial charge on any atom is 0.281 e. The Balaban J connectivity index is 1.52. The average Bonchev–Trinajstić information content (AvgIpc) is 2.74. The van der Waals surface area contributed by atoms with Gasteiger partial charge in [-0.25, -0.2) is 0 Å². The second-order valence-corrected chi connectivity index (χ2v) is 10.0. The van der Waals surface area contributed by atoms with E-state index in [1.165, 1.54) is 28.4 Å². The first kappa shape index (κ1) is 22.0. The lowest BCUT2D eigenvalue weighted by molar-refractivity contribution is -0.126. The SMILES string of the molecule is C[C@@H](NC(=O)C1CCN(S(=O)(=O)N(C)C)CC1)c1ccc(N2CCOCC2)cc1. The molecule has 162 valence electrons. The molecule has 8 nitrogen and oxygen atoms in total. The van der Waals surface area contributed by atoms with Crippen molar-refractivity contribution in [3.8, 4) is 0 Å². The van der Waals surface area contributed by atoms with Crippen LogP contribution in [-0.4, -0.2) is 76.4 Å². The molecule has 1 amide bonds. The van der Waals surface area contributed by atoms with E-state index in [1.54, 1.807) is 0 Å². The number of anilines is 1. The van der Waals surface area contributed by atoms with Crippen LogP contribution >= 0.6 is 0 Å². The fraction of sp³-hybridized carbons (Fsp3) is 0.650. The minimum atomic E-state index is -3.41. The molecule has 1 aromatic carbocycles. The zero-order valence-electron chi connectivity index (χ0n) is 17.5. The van der Waals surface area contributed by atoms with E-state index in [1.807, 2.05) is 6.92 Å². The van der Waals surface area contributed by atoms with Crippen molar-refractivity contribution in [3.63, 3.8) is 0 Å². The lowest BCUT2D eigenvalue weighted by Crippen LogP contribution is -2.47. The standard InChI is InChI=1S/C20H32N4O4S/c1-16(17-4-6-19(7-5-17)23-12-14-28-15-13-23)21-20(25)18-8-10-24(11-9-18)29(26,27)22(2)3/h4-7,16,18H,8-15H2,1-3H3,(H,21,25)/t16-/m1/s1. The van der Waals surface area contributed by atoms with E-state index in [0.717, 1.165) is 31.9 Å². The van der Waals surface area contributed by atoms with E-state index < -0.39 is 10.2 Å². The van der Waals surface area contributed by atoms with E-state index in [0.29, 0.717) is 25.9 Å². The van der Waals surface area contributed by atoms with Crippen molar-refractivity contribution in [3.05, 3.63) is 29.8 Å². The topological polar surface area (TPSA) is 82.2 Å². The van der Waals surface area contributed by atoms with Gasteiger partial charge in [0.15, 0.2) is 0 Å². The maximum absolute atomic E-state index is 12.7. The number of rotatable bonds is 6. The fourth-order valence-electron chi connectivity index (χ4n) is 3.79. The van der Waals surface area contributed by atoms with Crippen LogP contribution in [0.3, 0.4) is 0 Å². The predicted molar refractivity (Wildman–Crippen MR) is 113 cm³/mol. The molecule has 0 bridgehead atoms. The second-order valence-electron chi connectivity index (χ2n) is 7.88. The molecule has 0 radical (unpaired) electrons. The Bertz CT molecular complexity index is 783. The molecule has 0 aromatic heterocycles. The normalized spacial score (nSPS) is 20.6. The fourth-order valence-corrected chi connectivity index (χ4v) is 4.92. The van der Waals surface area contributed by atoms with Crippen molar-refractivity contribution in [2.75, 3.05) is 58.4 Å². The van der Waals surface area contributed by atoms with Gasteiger partial charge in [-0.05, 0) is 37.5 Å². The summed E-state index contributed by atoms with van der Waals surface area (Å²) in [6.45, 7) is 6.03. The second kappa shape index (κ2) is 9.42. The van der Waals surface area contributed by atoms with Gasteiger partial charge in [-0.15, -0.1) is 0 Å². The molecule has 0 spiro atoms. The Hall–Kier alpha value is -1.68. The molecule has 2 aliphatic heterocycles. The van der Waals surface area contributed by atoms with Gasteiger partial charge in [-0.2, -0.15) is 17.0 Å². The van der Waals surface area contributed by atoms with E-state index in [2.05, 4.69) is 34.5 Å². The number of nitrogens with one attached hydrogen (secondary N) is 1. The number of amides is 1. The third-order valence-electron chi connectivity index (χ3n) is 5.74. The number of hydrogen-bond donors (Lipinski definition) is 1. The number of hydrogen-bond acceptors (Lipinski definition) is 5. The van der Waals surface area contributed by atoms with Crippen molar-refractivity contribution in [1.29, 1.82) is 0 Å². The summed E-state index contributed by atoms with van der Waals surface area (Å²) in [5.41, 5.74) is 2.23. The van der Waals surface area contributed by atoms with Gasteiger partial charge < -0.3 is 15.0 Å². The van der Waals surface area contributed by atoms with Gasteiger partial charge in [0.25, 0.3) is 10.2 Å². The summed E-state index contributed by atoms with van der Waals surface area (Å²) in [6.07, 6.45) is 1.09. The van der Waals surface area contributed by atoms with Crippen LogP contribution in [0.4, 0.5) is 5.69 Å². The lowest BCUT2D eigenvalue weighted by atomic mass is 9.96. The molecule has 0 unspecified atom stereocenters. The Labute approximate surface area is 174 Å². The number of benzene rings is 1. The summed E-state index contributed by atoms with van der Waals surface area (Å²) >= 11 is 0. The molecule has 29 heavy (non-hydrogen) atoms. The molecule has 9 heteroatoms. The number of ether oxygens (including phenoxy) is 1. The Morgan fingerprint density at radius 3 is 2.24 bits per heavy atom. The highest BCUT2D eigenvalue weighted by atomic mass is 32.2. The number of carbonyl (C=O) groups is 1. The van der Waals surface area contributed by atoms with Crippen molar-refractivity contribution in [1.82, 2.24) is 13.9 Å². The smallest absolute Gasteiger partial charge is 0.281 e. The average molecular weight is 425 g/mol. The number of morpholine rings is 1. The zero-order chi connectivity index (χ0) is 21.0. The predicted octanol–water partition coefficient (Wildman–Crippen LogP) is 1.22. The summed E-state index contributed by atoms with van der Waals surface area (Å²) in [5.74, 6) is -0.157. The molecule has 2 aliphatic rings. The van der Waals surface area contributed by atoms with Crippen LogP contribution in [0.15, 0.2) is 24.3 Å². The number of piperidine rings is 1. The maximum atomic E-state index is 12.7. The molecule has 2 fully saturated rings. The van der Waals surface area contributed by atoms with E-state index in [-0.39, 0.29) is 17.9 Å². The first-order chi connectivity index (χ1) is 13.8. The molecular weight excluding hydrogens is 392 g/mol. The third kappa shape index (κ3) is 5.28. The number of nitrogens with zero attached hydrogens (tertiary/aromatic N) is 3. The van der Waals surface area contributed by atoms with Gasteiger partial charge in [-0.1, -0.05) is 12.1 Å². The zero-order valence-corrected chi connectivity index (χ0v) is 18.3. The Kier molecular flexibility index (Phi) is 7.15. The Morgan fingerprint density at radius 1 is 1.10 bits per heavy atom. The first-order valence-corrected chi connectivity index (χ1v) is 11.6. The monoisotopic (exact) mass is 424 g/mol. The van der Waals surface area contributed by atoms with Crippen molar-refractivity contribution < 1.29 is 17.9 Å². The van der Waals surface area contributed by atoms with Crippen LogP contribution in [0.25, 0.3) is 0 Å². The van der Waals surface area contributed by atoms with Gasteiger partial charge in [-0.3, -0.25) is 4.79 Å². The van der Waals surface area contributed by atoms with Gasteiger partial charge >= 0.3 is 0 Å². The minimum Gasteiger partial charge on any atom is -0.378 e. The summed E-state index contributed by atoms with van der Waals surface area (Å²) in [7, 11) is -0.350. The summed E-state index contributed by atoms with van der Waals surface area (Å²) < 4.78 is 32.5. The Morgan fingerprint density at radius 2 is 1.69 bits per heavy atom. The van der Waals surface area contributed by atoms with Crippen LogP contribution < -0.4 is 10.2 Å². The molecular formula is C20H32N4O4S. The van der Waals surface area contributed by atoms with Crippen molar-refractivity contribution >= 4 is 21.8 Å². The largest absolute Gasteiger partial charge is 0.378 e. The highest BCUT2D eigenvalue weighted by Crippen LogP contribution is 2.23. The van der Waals surface area contributed by atoms with Crippen LogP contribution in [0, 0.1) is 5.92 Å². The molecule has 3 rings (SSSR count). The van der Waals surface area contributed by atoms with Crippen molar-refractivity contribution in [2.45, 2.75) is 25.8 Å². The van der Waals surface area contributed by atoms with Gasteiger partial charge in [0.1, 0.15) is 0 Å². The molecule has 0 saturated carbocycles. The van der Waals surface area contributed by atoms with Crippen molar-refractivity contribution in [2.24, 2.45) is 5.92 Å². The van der Waals surface area contributed by atoms with Gasteiger partial charge in [0.2, 0.25) is 5.91 Å². The van der Waals surface area contributed by atoms with E-state index in [4.69, 9.17) is 4.74 Å². The lowest BCUT2D eigenvalue weighted by Gasteiger charge is -2.32.